The van der Waals surface area contributed by atoms with Crippen LogP contribution in [-0.4, -0.2) is 35.0 Å². The molecule has 0 radical (unpaired) electrons. The minimum absolute atomic E-state index is 0.173. The lowest BCUT2D eigenvalue weighted by molar-refractivity contribution is 0.102. The molecule has 0 saturated heterocycles. The molecular formula is C22H28N4O2. The van der Waals surface area contributed by atoms with Crippen LogP contribution in [0.2, 0.25) is 0 Å². The highest BCUT2D eigenvalue weighted by Crippen LogP contribution is 2.24. The van der Waals surface area contributed by atoms with Crippen molar-refractivity contribution in [1.82, 2.24) is 9.38 Å². The van der Waals surface area contributed by atoms with Gasteiger partial charge in [-0.25, -0.2) is 4.98 Å². The van der Waals surface area contributed by atoms with Gasteiger partial charge < -0.3 is 15.0 Å². The summed E-state index contributed by atoms with van der Waals surface area (Å²) in [5, 5.41) is 3.01. The minimum Gasteiger partial charge on any atom is -0.490 e. The molecule has 0 saturated carbocycles. The molecule has 6 nitrogen and oxygen atoms in total. The van der Waals surface area contributed by atoms with Crippen molar-refractivity contribution in [3.05, 3.63) is 54.0 Å². The predicted molar refractivity (Wildman–Crippen MR) is 114 cm³/mol. The molecule has 0 unspecified atom stereocenters. The van der Waals surface area contributed by atoms with E-state index in [0.717, 1.165) is 30.2 Å². The van der Waals surface area contributed by atoms with E-state index in [0.29, 0.717) is 30.1 Å². The molecule has 2 aromatic heterocycles. The van der Waals surface area contributed by atoms with Crippen molar-refractivity contribution in [3.63, 3.8) is 0 Å². The van der Waals surface area contributed by atoms with Crippen LogP contribution in [0.5, 0.6) is 5.75 Å². The van der Waals surface area contributed by atoms with E-state index in [9.17, 15) is 4.79 Å². The van der Waals surface area contributed by atoms with Crippen LogP contribution in [0.15, 0.2) is 42.6 Å². The molecule has 3 aromatic rings. The molecule has 1 aromatic carbocycles. The van der Waals surface area contributed by atoms with E-state index in [2.05, 4.69) is 29.0 Å². The average Bonchev–Trinajstić information content (AvgIpc) is 3.10. The number of aromatic nitrogens is 2. The molecule has 0 atom stereocenters. The van der Waals surface area contributed by atoms with E-state index in [1.165, 1.54) is 0 Å². The number of anilines is 2. The van der Waals surface area contributed by atoms with Gasteiger partial charge in [0.1, 0.15) is 5.69 Å². The number of amides is 1. The van der Waals surface area contributed by atoms with Crippen LogP contribution in [0.4, 0.5) is 11.4 Å². The second-order valence-corrected chi connectivity index (χ2v) is 6.43. The third kappa shape index (κ3) is 3.81. The first-order valence-electron chi connectivity index (χ1n) is 9.91. The molecular weight excluding hydrogens is 352 g/mol. The number of aryl methyl sites for hydroxylation is 1. The summed E-state index contributed by atoms with van der Waals surface area (Å²) in [7, 11) is 0. The van der Waals surface area contributed by atoms with Gasteiger partial charge in [-0.2, -0.15) is 0 Å². The number of nitrogens with one attached hydrogen (secondary N) is 1. The topological polar surface area (TPSA) is 58.9 Å². The second kappa shape index (κ2) is 8.78. The lowest BCUT2D eigenvalue weighted by Crippen LogP contribution is -2.21. The van der Waals surface area contributed by atoms with Gasteiger partial charge in [-0.15, -0.1) is 0 Å². The van der Waals surface area contributed by atoms with E-state index in [-0.39, 0.29) is 5.91 Å². The normalized spacial score (nSPS) is 10.9. The van der Waals surface area contributed by atoms with Gasteiger partial charge in [0.2, 0.25) is 0 Å². The van der Waals surface area contributed by atoms with Gasteiger partial charge in [-0.05, 0) is 63.6 Å². The number of ether oxygens (including phenoxy) is 1. The largest absolute Gasteiger partial charge is 0.490 e. The summed E-state index contributed by atoms with van der Waals surface area (Å²) in [6.45, 7) is 10.6. The minimum atomic E-state index is -0.173. The number of hydrogen-bond donors (Lipinski definition) is 1. The molecule has 0 spiro atoms. The zero-order valence-corrected chi connectivity index (χ0v) is 17.0. The number of pyridine rings is 1. The summed E-state index contributed by atoms with van der Waals surface area (Å²) in [5.74, 6) is 0.510. The maximum absolute atomic E-state index is 13.0. The number of carbonyl (C=O) groups excluding carboxylic acids is 1. The number of hydrogen-bond acceptors (Lipinski definition) is 4. The van der Waals surface area contributed by atoms with Crippen LogP contribution in [0.25, 0.3) is 5.65 Å². The standard InChI is InChI=1S/C22H28N4O2/c1-5-18-20(26-15-9-10-19(28-8-4)21(26)24-18)22(27)23-16-11-13-17(14-12-16)25(6-2)7-3/h9-15H,5-8H2,1-4H3,(H,23,27). The van der Waals surface area contributed by atoms with Crippen molar-refractivity contribution in [3.8, 4) is 5.75 Å². The van der Waals surface area contributed by atoms with Gasteiger partial charge >= 0.3 is 0 Å². The fourth-order valence-electron chi connectivity index (χ4n) is 3.38. The Morgan fingerprint density at radius 3 is 2.43 bits per heavy atom. The Bertz CT molecular complexity index is 943. The van der Waals surface area contributed by atoms with E-state index in [4.69, 9.17) is 4.74 Å². The Morgan fingerprint density at radius 1 is 1.11 bits per heavy atom. The van der Waals surface area contributed by atoms with Gasteiger partial charge in [0.25, 0.3) is 5.91 Å². The Labute approximate surface area is 166 Å². The van der Waals surface area contributed by atoms with Gasteiger partial charge in [-0.1, -0.05) is 6.92 Å². The molecule has 148 valence electrons. The predicted octanol–water partition coefficient (Wildman–Crippen LogP) is 4.39. The van der Waals surface area contributed by atoms with Gasteiger partial charge in [0, 0.05) is 30.7 Å². The first-order valence-corrected chi connectivity index (χ1v) is 9.91. The highest BCUT2D eigenvalue weighted by molar-refractivity contribution is 6.04. The molecule has 2 heterocycles. The lowest BCUT2D eigenvalue weighted by atomic mass is 10.2. The molecule has 1 N–H and O–H groups in total. The molecule has 0 aliphatic carbocycles. The van der Waals surface area contributed by atoms with Crippen molar-refractivity contribution in [2.45, 2.75) is 34.1 Å². The van der Waals surface area contributed by atoms with Crippen LogP contribution in [0, 0.1) is 0 Å². The Hall–Kier alpha value is -3.02. The Morgan fingerprint density at radius 2 is 1.82 bits per heavy atom. The zero-order valence-electron chi connectivity index (χ0n) is 17.0. The first-order chi connectivity index (χ1) is 13.6. The van der Waals surface area contributed by atoms with Gasteiger partial charge in [-0.3, -0.25) is 9.20 Å². The van der Waals surface area contributed by atoms with Crippen LogP contribution < -0.4 is 15.0 Å². The van der Waals surface area contributed by atoms with Crippen molar-refractivity contribution < 1.29 is 9.53 Å². The molecule has 3 rings (SSSR count). The number of carbonyl (C=O) groups is 1. The first kappa shape index (κ1) is 19.7. The maximum atomic E-state index is 13.0. The molecule has 6 heteroatoms. The average molecular weight is 380 g/mol. The summed E-state index contributed by atoms with van der Waals surface area (Å²) in [5.41, 5.74) is 3.88. The summed E-state index contributed by atoms with van der Waals surface area (Å²) >= 11 is 0. The number of nitrogens with zero attached hydrogens (tertiary/aromatic N) is 3. The quantitative estimate of drug-likeness (QED) is 0.629. The third-order valence-corrected chi connectivity index (χ3v) is 4.79. The summed E-state index contributed by atoms with van der Waals surface area (Å²) in [6.07, 6.45) is 2.51. The molecule has 1 amide bonds. The number of benzene rings is 1. The Kier molecular flexibility index (Phi) is 6.19. The highest BCUT2D eigenvalue weighted by atomic mass is 16.5. The number of imidazole rings is 1. The molecule has 0 aliphatic rings. The smallest absolute Gasteiger partial charge is 0.274 e. The van der Waals surface area contributed by atoms with Crippen LogP contribution in [-0.2, 0) is 6.42 Å². The Balaban J connectivity index is 1.90. The fourth-order valence-corrected chi connectivity index (χ4v) is 3.38. The van der Waals surface area contributed by atoms with E-state index >= 15 is 0 Å². The fraction of sp³-hybridized carbons (Fsp3) is 0.364. The van der Waals surface area contributed by atoms with Crippen molar-refractivity contribution >= 4 is 22.9 Å². The summed E-state index contributed by atoms with van der Waals surface area (Å²) in [4.78, 5) is 20.0. The summed E-state index contributed by atoms with van der Waals surface area (Å²) in [6, 6.07) is 11.7. The SMILES string of the molecule is CCOc1cccn2c(C(=O)Nc3ccc(N(CC)CC)cc3)c(CC)nc12. The second-order valence-electron chi connectivity index (χ2n) is 6.43. The monoisotopic (exact) mass is 380 g/mol. The van der Waals surface area contributed by atoms with Gasteiger partial charge in [0.05, 0.1) is 12.3 Å². The van der Waals surface area contributed by atoms with Crippen LogP contribution in [0.1, 0.15) is 43.9 Å². The molecule has 0 aliphatic heterocycles. The van der Waals surface area contributed by atoms with E-state index in [1.54, 1.807) is 0 Å². The molecule has 0 fully saturated rings. The van der Waals surface area contributed by atoms with E-state index in [1.807, 2.05) is 60.8 Å². The number of rotatable bonds is 8. The molecule has 0 bridgehead atoms. The van der Waals surface area contributed by atoms with Crippen LogP contribution in [0.3, 0.4) is 0 Å². The lowest BCUT2D eigenvalue weighted by Gasteiger charge is -2.21. The van der Waals surface area contributed by atoms with Crippen molar-refractivity contribution in [2.75, 3.05) is 29.9 Å². The highest BCUT2D eigenvalue weighted by Gasteiger charge is 2.20. The zero-order chi connectivity index (χ0) is 20.1. The molecule has 28 heavy (non-hydrogen) atoms. The van der Waals surface area contributed by atoms with Crippen molar-refractivity contribution in [1.29, 1.82) is 0 Å². The third-order valence-electron chi connectivity index (χ3n) is 4.79. The van der Waals surface area contributed by atoms with Gasteiger partial charge in [0.15, 0.2) is 11.4 Å². The van der Waals surface area contributed by atoms with Crippen LogP contribution >= 0.6 is 0 Å². The summed E-state index contributed by atoms with van der Waals surface area (Å²) < 4.78 is 7.48. The number of fused-ring (bicyclic) bond motifs is 1. The van der Waals surface area contributed by atoms with Crippen molar-refractivity contribution in [2.24, 2.45) is 0 Å². The van der Waals surface area contributed by atoms with E-state index < -0.39 is 0 Å². The maximum Gasteiger partial charge on any atom is 0.274 e.